The topological polar surface area (TPSA) is 64.3 Å². The average Bonchev–Trinajstić information content (AvgIpc) is 2.14. The van der Waals surface area contributed by atoms with E-state index in [2.05, 4.69) is 5.32 Å². The summed E-state index contributed by atoms with van der Waals surface area (Å²) in [6, 6.07) is 5.03. The number of nitrogens with one attached hydrogen (secondary N) is 1. The molecule has 0 spiro atoms. The Kier molecular flexibility index (Phi) is 6.69. The predicted octanol–water partition coefficient (Wildman–Crippen LogP) is 1.86. The number of hydrogen-bond acceptors (Lipinski definition) is 3. The van der Waals surface area contributed by atoms with Crippen molar-refractivity contribution in [1.29, 1.82) is 0 Å². The molecule has 0 heterocycles. The number of carbonyl (C=O) groups is 1. The van der Waals surface area contributed by atoms with Crippen LogP contribution in [-0.4, -0.2) is 19.1 Å². The van der Waals surface area contributed by atoms with Crippen LogP contribution in [0.15, 0.2) is 18.2 Å². The Balaban J connectivity index is 0.00000225. The molecule has 0 aliphatic rings. The lowest BCUT2D eigenvalue weighted by molar-refractivity contribution is -0.119. The van der Waals surface area contributed by atoms with Crippen LogP contribution in [0.4, 0.5) is 5.69 Å². The first-order chi connectivity index (χ1) is 7.09. The summed E-state index contributed by atoms with van der Waals surface area (Å²) in [6.07, 6.45) is 0. The Hall–Kier alpha value is -1.13. The summed E-state index contributed by atoms with van der Waals surface area (Å²) < 4.78 is 5.34. The van der Waals surface area contributed by atoms with E-state index in [1.54, 1.807) is 18.2 Å². The summed E-state index contributed by atoms with van der Waals surface area (Å²) in [6.45, 7) is 2.29. The molecule has 0 aromatic heterocycles. The van der Waals surface area contributed by atoms with Crippen molar-refractivity contribution in [2.45, 2.75) is 6.92 Å². The molecule has 1 amide bonds. The average molecular weight is 265 g/mol. The molecule has 1 aromatic carbocycles. The van der Waals surface area contributed by atoms with E-state index >= 15 is 0 Å². The molecule has 1 rings (SSSR count). The first-order valence-electron chi connectivity index (χ1n) is 4.52. The van der Waals surface area contributed by atoms with Gasteiger partial charge >= 0.3 is 0 Å². The van der Waals surface area contributed by atoms with E-state index in [-0.39, 0.29) is 18.3 Å². The number of carbonyl (C=O) groups excluding carboxylic acids is 1. The molecule has 4 nitrogen and oxygen atoms in total. The van der Waals surface area contributed by atoms with Gasteiger partial charge in [-0.1, -0.05) is 11.6 Å². The van der Waals surface area contributed by atoms with Gasteiger partial charge in [0.1, 0.15) is 12.4 Å². The Labute approximate surface area is 106 Å². The van der Waals surface area contributed by atoms with Gasteiger partial charge in [0.25, 0.3) is 0 Å². The summed E-state index contributed by atoms with van der Waals surface area (Å²) in [4.78, 5) is 10.6. The van der Waals surface area contributed by atoms with E-state index in [4.69, 9.17) is 22.1 Å². The number of ether oxygens (including phenoxy) is 1. The predicted molar refractivity (Wildman–Crippen MR) is 67.3 cm³/mol. The molecule has 0 aliphatic heterocycles. The highest BCUT2D eigenvalue weighted by atomic mass is 35.5. The molecule has 0 bridgehead atoms. The molecular formula is C10H14Cl2N2O2. The van der Waals surface area contributed by atoms with E-state index in [0.717, 1.165) is 0 Å². The number of amides is 1. The summed E-state index contributed by atoms with van der Waals surface area (Å²) >= 11 is 5.88. The largest absolute Gasteiger partial charge is 0.490 e. The summed E-state index contributed by atoms with van der Waals surface area (Å²) in [5, 5.41) is 3.09. The number of rotatable bonds is 4. The minimum absolute atomic E-state index is 0. The Morgan fingerprint density at radius 2 is 2.25 bits per heavy atom. The van der Waals surface area contributed by atoms with Crippen LogP contribution in [0, 0.1) is 0 Å². The molecule has 16 heavy (non-hydrogen) atoms. The van der Waals surface area contributed by atoms with Crippen molar-refractivity contribution in [2.75, 3.05) is 18.9 Å². The Bertz CT molecular complexity index is 359. The van der Waals surface area contributed by atoms with Gasteiger partial charge in [-0.15, -0.1) is 12.4 Å². The number of nitrogen functional groups attached to an aromatic ring is 1. The second kappa shape index (κ2) is 7.19. The highest BCUT2D eigenvalue weighted by molar-refractivity contribution is 6.32. The van der Waals surface area contributed by atoms with Crippen molar-refractivity contribution in [3.05, 3.63) is 23.2 Å². The van der Waals surface area contributed by atoms with Crippen molar-refractivity contribution in [2.24, 2.45) is 0 Å². The van der Waals surface area contributed by atoms with Gasteiger partial charge in [-0.05, 0) is 18.2 Å². The standard InChI is InChI=1S/C10H13ClN2O2.ClH/c1-7(14)13-4-5-15-10-3-2-8(12)6-9(10)11;/h2-3,6H,4-5,12H2,1H3,(H,13,14);1H. The van der Waals surface area contributed by atoms with Crippen LogP contribution in [0.25, 0.3) is 0 Å². The number of halogens is 2. The number of nitrogens with two attached hydrogens (primary N) is 1. The monoisotopic (exact) mass is 264 g/mol. The van der Waals surface area contributed by atoms with Gasteiger partial charge in [0.2, 0.25) is 5.91 Å². The van der Waals surface area contributed by atoms with Gasteiger partial charge < -0.3 is 15.8 Å². The first-order valence-corrected chi connectivity index (χ1v) is 4.89. The highest BCUT2D eigenvalue weighted by Gasteiger charge is 2.01. The molecule has 0 unspecified atom stereocenters. The number of hydrogen-bond donors (Lipinski definition) is 2. The SMILES string of the molecule is CC(=O)NCCOc1ccc(N)cc1Cl.Cl. The highest BCUT2D eigenvalue weighted by Crippen LogP contribution is 2.25. The van der Waals surface area contributed by atoms with Crippen LogP contribution in [-0.2, 0) is 4.79 Å². The van der Waals surface area contributed by atoms with E-state index in [1.807, 2.05) is 0 Å². The van der Waals surface area contributed by atoms with Gasteiger partial charge in [0.05, 0.1) is 11.6 Å². The minimum Gasteiger partial charge on any atom is -0.490 e. The van der Waals surface area contributed by atoms with Gasteiger partial charge in [0.15, 0.2) is 0 Å². The summed E-state index contributed by atoms with van der Waals surface area (Å²) in [5.41, 5.74) is 6.12. The number of benzene rings is 1. The van der Waals surface area contributed by atoms with Crippen molar-refractivity contribution in [3.63, 3.8) is 0 Å². The molecule has 0 fully saturated rings. The minimum atomic E-state index is -0.0815. The third-order valence-corrected chi connectivity index (χ3v) is 1.98. The third kappa shape index (κ3) is 5.09. The van der Waals surface area contributed by atoms with Crippen molar-refractivity contribution >= 4 is 35.6 Å². The van der Waals surface area contributed by atoms with E-state index in [9.17, 15) is 4.79 Å². The van der Waals surface area contributed by atoms with Crippen LogP contribution < -0.4 is 15.8 Å². The molecule has 0 atom stereocenters. The molecule has 0 saturated carbocycles. The molecule has 0 radical (unpaired) electrons. The van der Waals surface area contributed by atoms with Crippen LogP contribution >= 0.6 is 24.0 Å². The molecule has 0 saturated heterocycles. The lowest BCUT2D eigenvalue weighted by Crippen LogP contribution is -2.25. The maximum Gasteiger partial charge on any atom is 0.216 e. The maximum absolute atomic E-state index is 10.6. The second-order valence-corrected chi connectivity index (χ2v) is 3.43. The smallest absolute Gasteiger partial charge is 0.216 e. The first kappa shape index (κ1) is 14.9. The van der Waals surface area contributed by atoms with Crippen LogP contribution in [0.1, 0.15) is 6.92 Å². The lowest BCUT2D eigenvalue weighted by atomic mass is 10.3. The lowest BCUT2D eigenvalue weighted by Gasteiger charge is -2.08. The molecular weight excluding hydrogens is 251 g/mol. The fraction of sp³-hybridized carbons (Fsp3) is 0.300. The van der Waals surface area contributed by atoms with Gasteiger partial charge in [-0.2, -0.15) is 0 Å². The van der Waals surface area contributed by atoms with Crippen molar-refractivity contribution in [3.8, 4) is 5.75 Å². The quantitative estimate of drug-likeness (QED) is 0.645. The zero-order chi connectivity index (χ0) is 11.3. The van der Waals surface area contributed by atoms with Crippen LogP contribution in [0.2, 0.25) is 5.02 Å². The molecule has 3 N–H and O–H groups in total. The molecule has 90 valence electrons. The normalized spacial score (nSPS) is 9.12. The molecule has 6 heteroatoms. The van der Waals surface area contributed by atoms with Crippen molar-refractivity contribution in [1.82, 2.24) is 5.32 Å². The van der Waals surface area contributed by atoms with E-state index < -0.39 is 0 Å². The van der Waals surface area contributed by atoms with Gasteiger partial charge in [-0.3, -0.25) is 4.79 Å². The number of anilines is 1. The van der Waals surface area contributed by atoms with Gasteiger partial charge in [0, 0.05) is 12.6 Å². The van der Waals surface area contributed by atoms with Crippen LogP contribution in [0.3, 0.4) is 0 Å². The van der Waals surface area contributed by atoms with Crippen LogP contribution in [0.5, 0.6) is 5.75 Å². The van der Waals surface area contributed by atoms with E-state index in [1.165, 1.54) is 6.92 Å². The summed E-state index contributed by atoms with van der Waals surface area (Å²) in [5.74, 6) is 0.484. The Morgan fingerprint density at radius 1 is 1.56 bits per heavy atom. The molecule has 1 aromatic rings. The second-order valence-electron chi connectivity index (χ2n) is 3.02. The summed E-state index contributed by atoms with van der Waals surface area (Å²) in [7, 11) is 0. The zero-order valence-corrected chi connectivity index (χ0v) is 10.4. The zero-order valence-electron chi connectivity index (χ0n) is 8.83. The Morgan fingerprint density at radius 3 is 2.81 bits per heavy atom. The third-order valence-electron chi connectivity index (χ3n) is 1.69. The fourth-order valence-electron chi connectivity index (χ4n) is 1.02. The fourth-order valence-corrected chi connectivity index (χ4v) is 1.27. The molecule has 0 aliphatic carbocycles. The van der Waals surface area contributed by atoms with Crippen molar-refractivity contribution < 1.29 is 9.53 Å². The van der Waals surface area contributed by atoms with Gasteiger partial charge in [-0.25, -0.2) is 0 Å². The van der Waals surface area contributed by atoms with E-state index in [0.29, 0.717) is 29.6 Å². The maximum atomic E-state index is 10.6.